The van der Waals surface area contributed by atoms with Crippen LogP contribution in [0.15, 0.2) is 22.8 Å². The fourth-order valence-electron chi connectivity index (χ4n) is 2.82. The summed E-state index contributed by atoms with van der Waals surface area (Å²) in [6.45, 7) is 3.24. The quantitative estimate of drug-likeness (QED) is 0.758. The first kappa shape index (κ1) is 14.6. The van der Waals surface area contributed by atoms with Gasteiger partial charge >= 0.3 is 0 Å². The first-order chi connectivity index (χ1) is 9.27. The zero-order valence-electron chi connectivity index (χ0n) is 11.8. The summed E-state index contributed by atoms with van der Waals surface area (Å²) in [5.74, 6) is 0.958. The molecule has 4 heteroatoms. The van der Waals surface area contributed by atoms with E-state index in [1.165, 1.54) is 19.3 Å². The van der Waals surface area contributed by atoms with Crippen LogP contribution in [0.25, 0.3) is 0 Å². The topological polar surface area (TPSA) is 62.6 Å². The maximum absolute atomic E-state index is 9.11. The molecule has 1 saturated carbocycles. The number of hydrogen-bond donors (Lipinski definition) is 2. The molecule has 0 spiro atoms. The molecular formula is C15H26N2O2. The molecule has 4 nitrogen and oxygen atoms in total. The Kier molecular flexibility index (Phi) is 5.43. The molecule has 0 saturated heterocycles. The number of furan rings is 1. The first-order valence-corrected chi connectivity index (χ1v) is 7.43. The highest BCUT2D eigenvalue weighted by molar-refractivity contribution is 5.09. The molecule has 0 bridgehead atoms. The van der Waals surface area contributed by atoms with E-state index in [0.717, 1.165) is 25.1 Å². The van der Waals surface area contributed by atoms with Crippen molar-refractivity contribution in [3.63, 3.8) is 0 Å². The Bertz CT molecular complexity index is 349. The molecule has 0 radical (unpaired) electrons. The van der Waals surface area contributed by atoms with Crippen molar-refractivity contribution in [1.29, 1.82) is 0 Å². The van der Waals surface area contributed by atoms with Gasteiger partial charge in [0.1, 0.15) is 5.76 Å². The Balaban J connectivity index is 2.16. The van der Waals surface area contributed by atoms with Gasteiger partial charge in [0.05, 0.1) is 12.3 Å². The van der Waals surface area contributed by atoms with E-state index in [-0.39, 0.29) is 18.7 Å². The Morgan fingerprint density at radius 1 is 1.53 bits per heavy atom. The largest absolute Gasteiger partial charge is 0.468 e. The normalized spacial score (nSPS) is 19.4. The number of rotatable bonds is 8. The summed E-state index contributed by atoms with van der Waals surface area (Å²) < 4.78 is 5.61. The molecule has 2 atom stereocenters. The predicted molar refractivity (Wildman–Crippen MR) is 75.8 cm³/mol. The molecular weight excluding hydrogens is 240 g/mol. The summed E-state index contributed by atoms with van der Waals surface area (Å²) in [5.41, 5.74) is 6.33. The molecule has 2 rings (SSSR count). The standard InChI is InChI=1S/C15H26N2O2/c1-2-13(16)15(14-8-4-11-19-14)17(9-5-10-18)12-6-3-7-12/h4,8,11-13,15,18H,2-3,5-7,9-10,16H2,1H3. The van der Waals surface area contributed by atoms with Crippen LogP contribution in [0.5, 0.6) is 0 Å². The molecule has 1 heterocycles. The molecule has 2 unspecified atom stereocenters. The lowest BCUT2D eigenvalue weighted by atomic mass is 9.88. The van der Waals surface area contributed by atoms with Crippen LogP contribution in [0.4, 0.5) is 0 Å². The van der Waals surface area contributed by atoms with E-state index in [1.807, 2.05) is 12.1 Å². The fraction of sp³-hybridized carbons (Fsp3) is 0.733. The molecule has 19 heavy (non-hydrogen) atoms. The maximum atomic E-state index is 9.11. The van der Waals surface area contributed by atoms with Gasteiger partial charge in [0.25, 0.3) is 0 Å². The highest BCUT2D eigenvalue weighted by Gasteiger charge is 2.35. The second-order valence-corrected chi connectivity index (χ2v) is 5.43. The summed E-state index contributed by atoms with van der Waals surface area (Å²) in [5, 5.41) is 9.11. The third-order valence-corrected chi connectivity index (χ3v) is 4.19. The van der Waals surface area contributed by atoms with Crippen LogP contribution in [-0.2, 0) is 0 Å². The molecule has 0 aromatic carbocycles. The Labute approximate surface area is 115 Å². The van der Waals surface area contributed by atoms with Gasteiger partial charge in [-0.05, 0) is 37.8 Å². The van der Waals surface area contributed by atoms with Crippen molar-refractivity contribution in [2.24, 2.45) is 5.73 Å². The van der Waals surface area contributed by atoms with Crippen molar-refractivity contribution in [2.45, 2.75) is 57.2 Å². The van der Waals surface area contributed by atoms with Gasteiger partial charge < -0.3 is 15.3 Å². The third-order valence-electron chi connectivity index (χ3n) is 4.19. The predicted octanol–water partition coefficient (Wildman–Crippen LogP) is 2.29. The van der Waals surface area contributed by atoms with Gasteiger partial charge in [0, 0.05) is 25.2 Å². The van der Waals surface area contributed by atoms with Gasteiger partial charge in [-0.15, -0.1) is 0 Å². The summed E-state index contributed by atoms with van der Waals surface area (Å²) >= 11 is 0. The van der Waals surface area contributed by atoms with Crippen molar-refractivity contribution in [3.05, 3.63) is 24.2 Å². The second-order valence-electron chi connectivity index (χ2n) is 5.43. The summed E-state index contributed by atoms with van der Waals surface area (Å²) in [4.78, 5) is 2.45. The smallest absolute Gasteiger partial charge is 0.122 e. The van der Waals surface area contributed by atoms with Gasteiger partial charge in [-0.3, -0.25) is 4.90 Å². The minimum Gasteiger partial charge on any atom is -0.468 e. The van der Waals surface area contributed by atoms with E-state index in [1.54, 1.807) is 6.26 Å². The molecule has 3 N–H and O–H groups in total. The van der Waals surface area contributed by atoms with Crippen LogP contribution >= 0.6 is 0 Å². The van der Waals surface area contributed by atoms with Gasteiger partial charge in [0.15, 0.2) is 0 Å². The second kappa shape index (κ2) is 7.08. The van der Waals surface area contributed by atoms with E-state index in [0.29, 0.717) is 6.04 Å². The van der Waals surface area contributed by atoms with E-state index >= 15 is 0 Å². The Morgan fingerprint density at radius 3 is 2.79 bits per heavy atom. The van der Waals surface area contributed by atoms with Crippen molar-refractivity contribution in [1.82, 2.24) is 4.90 Å². The lowest BCUT2D eigenvalue weighted by molar-refractivity contribution is 0.0477. The number of hydrogen-bond acceptors (Lipinski definition) is 4. The molecule has 1 fully saturated rings. The highest BCUT2D eigenvalue weighted by atomic mass is 16.3. The van der Waals surface area contributed by atoms with Crippen LogP contribution < -0.4 is 5.73 Å². The van der Waals surface area contributed by atoms with Gasteiger partial charge in [-0.25, -0.2) is 0 Å². The molecule has 108 valence electrons. The zero-order chi connectivity index (χ0) is 13.7. The average molecular weight is 266 g/mol. The summed E-state index contributed by atoms with van der Waals surface area (Å²) in [7, 11) is 0. The van der Waals surface area contributed by atoms with Crippen molar-refractivity contribution in [2.75, 3.05) is 13.2 Å². The molecule has 0 amide bonds. The first-order valence-electron chi connectivity index (χ1n) is 7.43. The van der Waals surface area contributed by atoms with Crippen molar-refractivity contribution in [3.8, 4) is 0 Å². The molecule has 1 aromatic heterocycles. The van der Waals surface area contributed by atoms with Crippen LogP contribution in [0, 0.1) is 0 Å². The lowest BCUT2D eigenvalue weighted by Gasteiger charge is -2.43. The lowest BCUT2D eigenvalue weighted by Crippen LogP contribution is -2.49. The average Bonchev–Trinajstić information content (AvgIpc) is 2.87. The zero-order valence-corrected chi connectivity index (χ0v) is 11.8. The molecule has 1 aromatic rings. The fourth-order valence-corrected chi connectivity index (χ4v) is 2.82. The van der Waals surface area contributed by atoms with E-state index in [2.05, 4.69) is 11.8 Å². The SMILES string of the molecule is CCC(N)C(c1ccco1)N(CCCO)C1CCC1. The Hall–Kier alpha value is -0.840. The van der Waals surface area contributed by atoms with Crippen molar-refractivity contribution >= 4 is 0 Å². The van der Waals surface area contributed by atoms with Crippen LogP contribution in [0.2, 0.25) is 0 Å². The minimum absolute atomic E-state index is 0.0745. The number of nitrogens with two attached hydrogens (primary N) is 1. The van der Waals surface area contributed by atoms with Crippen LogP contribution in [0.3, 0.4) is 0 Å². The molecule has 0 aliphatic heterocycles. The van der Waals surface area contributed by atoms with Gasteiger partial charge in [-0.1, -0.05) is 13.3 Å². The van der Waals surface area contributed by atoms with Gasteiger partial charge in [0.2, 0.25) is 0 Å². The van der Waals surface area contributed by atoms with Crippen LogP contribution in [0.1, 0.15) is 50.8 Å². The van der Waals surface area contributed by atoms with Crippen molar-refractivity contribution < 1.29 is 9.52 Å². The monoisotopic (exact) mass is 266 g/mol. The molecule has 1 aliphatic carbocycles. The summed E-state index contributed by atoms with van der Waals surface area (Å²) in [6.07, 6.45) is 7.21. The number of nitrogens with zero attached hydrogens (tertiary/aromatic N) is 1. The summed E-state index contributed by atoms with van der Waals surface area (Å²) in [6, 6.07) is 4.75. The minimum atomic E-state index is 0.0745. The highest BCUT2D eigenvalue weighted by Crippen LogP contribution is 2.34. The van der Waals surface area contributed by atoms with E-state index in [4.69, 9.17) is 15.3 Å². The third kappa shape index (κ3) is 3.38. The van der Waals surface area contributed by atoms with E-state index in [9.17, 15) is 0 Å². The Morgan fingerprint density at radius 2 is 2.32 bits per heavy atom. The maximum Gasteiger partial charge on any atom is 0.122 e. The number of aliphatic hydroxyl groups is 1. The van der Waals surface area contributed by atoms with E-state index < -0.39 is 0 Å². The molecule has 1 aliphatic rings. The van der Waals surface area contributed by atoms with Crippen LogP contribution in [-0.4, -0.2) is 35.2 Å². The van der Waals surface area contributed by atoms with Gasteiger partial charge in [-0.2, -0.15) is 0 Å². The number of aliphatic hydroxyl groups excluding tert-OH is 1.